The van der Waals surface area contributed by atoms with Crippen LogP contribution in [-0.4, -0.2) is 37.7 Å². The zero-order valence-electron chi connectivity index (χ0n) is 11.6. The van der Waals surface area contributed by atoms with Crippen molar-refractivity contribution in [2.75, 3.05) is 12.3 Å². The summed E-state index contributed by atoms with van der Waals surface area (Å²) in [5.74, 6) is -1.59. The van der Waals surface area contributed by atoms with Crippen LogP contribution in [0.4, 0.5) is 0 Å². The fourth-order valence-corrected chi connectivity index (χ4v) is 3.14. The highest BCUT2D eigenvalue weighted by Gasteiger charge is 2.50. The van der Waals surface area contributed by atoms with Crippen LogP contribution in [-0.2, 0) is 14.6 Å². The van der Waals surface area contributed by atoms with E-state index in [-0.39, 0.29) is 22.8 Å². The van der Waals surface area contributed by atoms with E-state index >= 15 is 0 Å². The third-order valence-electron chi connectivity index (χ3n) is 3.74. The monoisotopic (exact) mass is 311 g/mol. The number of sulfone groups is 1. The molecule has 7 heteroatoms. The van der Waals surface area contributed by atoms with Crippen molar-refractivity contribution in [1.29, 1.82) is 0 Å². The molecule has 2 N–H and O–H groups in total. The van der Waals surface area contributed by atoms with Gasteiger partial charge in [0.15, 0.2) is 9.84 Å². The van der Waals surface area contributed by atoms with Crippen molar-refractivity contribution < 1.29 is 23.1 Å². The molecule has 0 aliphatic heterocycles. The molecule has 21 heavy (non-hydrogen) atoms. The molecule has 1 aliphatic carbocycles. The average Bonchev–Trinajstić information content (AvgIpc) is 3.26. The van der Waals surface area contributed by atoms with Gasteiger partial charge < -0.3 is 10.4 Å². The Labute approximate surface area is 123 Å². The van der Waals surface area contributed by atoms with Gasteiger partial charge in [0.05, 0.1) is 21.6 Å². The van der Waals surface area contributed by atoms with Gasteiger partial charge >= 0.3 is 5.97 Å². The van der Waals surface area contributed by atoms with E-state index in [4.69, 9.17) is 5.11 Å². The summed E-state index contributed by atoms with van der Waals surface area (Å²) in [5, 5.41) is 11.6. The molecule has 1 aromatic carbocycles. The molecule has 0 bridgehead atoms. The molecule has 1 amide bonds. The summed E-state index contributed by atoms with van der Waals surface area (Å²) in [6.07, 6.45) is 1.05. The third-order valence-corrected chi connectivity index (χ3v) is 5.53. The zero-order valence-corrected chi connectivity index (χ0v) is 12.4. The Bertz CT molecular complexity index is 676. The summed E-state index contributed by atoms with van der Waals surface area (Å²) in [5.41, 5.74) is -0.825. The number of benzene rings is 1. The van der Waals surface area contributed by atoms with Crippen LogP contribution in [0.15, 0.2) is 29.2 Å². The number of aliphatic carboxylic acids is 1. The van der Waals surface area contributed by atoms with Crippen LogP contribution in [0.3, 0.4) is 0 Å². The van der Waals surface area contributed by atoms with E-state index < -0.39 is 27.1 Å². The summed E-state index contributed by atoms with van der Waals surface area (Å²) in [7, 11) is -3.51. The second-order valence-corrected chi connectivity index (χ2v) is 7.41. The number of carboxylic acids is 1. The Balaban J connectivity index is 2.19. The number of hydrogen-bond donors (Lipinski definition) is 2. The van der Waals surface area contributed by atoms with Gasteiger partial charge in [0.1, 0.15) is 0 Å². The number of rotatable bonds is 6. The second kappa shape index (κ2) is 5.48. The first-order chi connectivity index (χ1) is 9.82. The number of carbonyl (C=O) groups excluding carboxylic acids is 1. The molecule has 0 atom stereocenters. The highest BCUT2D eigenvalue weighted by Crippen LogP contribution is 2.45. The highest BCUT2D eigenvalue weighted by molar-refractivity contribution is 7.91. The Kier molecular flexibility index (Phi) is 4.04. The van der Waals surface area contributed by atoms with Gasteiger partial charge in [0, 0.05) is 6.54 Å². The van der Waals surface area contributed by atoms with E-state index in [0.717, 1.165) is 0 Å². The maximum absolute atomic E-state index is 12.2. The number of carboxylic acid groups (broad SMARTS) is 1. The first-order valence-corrected chi connectivity index (χ1v) is 8.31. The van der Waals surface area contributed by atoms with Crippen LogP contribution in [0.2, 0.25) is 0 Å². The first kappa shape index (κ1) is 15.5. The van der Waals surface area contributed by atoms with Crippen molar-refractivity contribution in [3.8, 4) is 0 Å². The molecule has 2 rings (SSSR count). The van der Waals surface area contributed by atoms with Gasteiger partial charge in [-0.1, -0.05) is 19.1 Å². The third kappa shape index (κ3) is 3.07. The number of amides is 1. The fraction of sp³-hybridized carbons (Fsp3) is 0.429. The lowest BCUT2D eigenvalue weighted by Gasteiger charge is -2.13. The lowest BCUT2D eigenvalue weighted by Crippen LogP contribution is -2.34. The largest absolute Gasteiger partial charge is 0.481 e. The molecule has 0 saturated heterocycles. The van der Waals surface area contributed by atoms with Crippen LogP contribution >= 0.6 is 0 Å². The number of nitrogens with one attached hydrogen (secondary N) is 1. The summed E-state index contributed by atoms with van der Waals surface area (Å²) >= 11 is 0. The summed E-state index contributed by atoms with van der Waals surface area (Å²) in [6.45, 7) is 1.52. The maximum Gasteiger partial charge on any atom is 0.311 e. The standard InChI is InChI=1S/C14H17NO5S/c1-2-21(19,20)11-6-4-3-5-10(11)12(16)15-9-14(7-8-14)13(17)18/h3-6H,2,7-9H2,1H3,(H,15,16)(H,17,18). The average molecular weight is 311 g/mol. The Morgan fingerprint density at radius 2 is 1.90 bits per heavy atom. The maximum atomic E-state index is 12.2. The smallest absolute Gasteiger partial charge is 0.311 e. The lowest BCUT2D eigenvalue weighted by atomic mass is 10.1. The quantitative estimate of drug-likeness (QED) is 0.818. The van der Waals surface area contributed by atoms with Crippen molar-refractivity contribution in [1.82, 2.24) is 5.32 Å². The molecule has 0 radical (unpaired) electrons. The Morgan fingerprint density at radius 1 is 1.29 bits per heavy atom. The van der Waals surface area contributed by atoms with E-state index in [1.165, 1.54) is 19.1 Å². The van der Waals surface area contributed by atoms with Gasteiger partial charge in [-0.15, -0.1) is 0 Å². The van der Waals surface area contributed by atoms with Gasteiger partial charge in [-0.05, 0) is 25.0 Å². The number of carbonyl (C=O) groups is 2. The van der Waals surface area contributed by atoms with Gasteiger partial charge in [-0.25, -0.2) is 8.42 Å². The van der Waals surface area contributed by atoms with Crippen molar-refractivity contribution in [3.05, 3.63) is 29.8 Å². The molecular formula is C14H17NO5S. The molecule has 6 nitrogen and oxygen atoms in total. The van der Waals surface area contributed by atoms with Crippen LogP contribution < -0.4 is 5.32 Å². The van der Waals surface area contributed by atoms with Gasteiger partial charge in [-0.2, -0.15) is 0 Å². The van der Waals surface area contributed by atoms with Crippen molar-refractivity contribution in [2.24, 2.45) is 5.41 Å². The molecule has 114 valence electrons. The van der Waals surface area contributed by atoms with Crippen LogP contribution in [0, 0.1) is 5.41 Å². The minimum absolute atomic E-state index is 0.0155. The van der Waals surface area contributed by atoms with E-state index in [1.807, 2.05) is 0 Å². The Hall–Kier alpha value is -1.89. The van der Waals surface area contributed by atoms with E-state index in [9.17, 15) is 18.0 Å². The highest BCUT2D eigenvalue weighted by atomic mass is 32.2. The molecule has 0 unspecified atom stereocenters. The molecule has 1 aromatic rings. The van der Waals surface area contributed by atoms with Crippen molar-refractivity contribution in [3.63, 3.8) is 0 Å². The molecule has 0 heterocycles. The number of hydrogen-bond acceptors (Lipinski definition) is 4. The Morgan fingerprint density at radius 3 is 2.43 bits per heavy atom. The van der Waals surface area contributed by atoms with Crippen LogP contribution in [0.25, 0.3) is 0 Å². The van der Waals surface area contributed by atoms with E-state index in [2.05, 4.69) is 5.32 Å². The SMILES string of the molecule is CCS(=O)(=O)c1ccccc1C(=O)NCC1(C(=O)O)CC1. The van der Waals surface area contributed by atoms with Crippen molar-refractivity contribution in [2.45, 2.75) is 24.7 Å². The van der Waals surface area contributed by atoms with Gasteiger partial charge in [0.25, 0.3) is 5.91 Å². The summed E-state index contributed by atoms with van der Waals surface area (Å²) in [4.78, 5) is 23.2. The van der Waals surface area contributed by atoms with Gasteiger partial charge in [0.2, 0.25) is 0 Å². The fourth-order valence-electron chi connectivity index (χ4n) is 2.04. The predicted molar refractivity (Wildman–Crippen MR) is 75.8 cm³/mol. The first-order valence-electron chi connectivity index (χ1n) is 6.66. The normalized spacial score (nSPS) is 16.2. The molecular weight excluding hydrogens is 294 g/mol. The topological polar surface area (TPSA) is 101 Å². The molecule has 0 aromatic heterocycles. The predicted octanol–water partition coefficient (Wildman–Crippen LogP) is 1.07. The minimum atomic E-state index is -3.51. The van der Waals surface area contributed by atoms with Crippen LogP contribution in [0.5, 0.6) is 0 Å². The second-order valence-electron chi connectivity index (χ2n) is 5.17. The molecule has 1 fully saturated rings. The minimum Gasteiger partial charge on any atom is -0.481 e. The summed E-state index contributed by atoms with van der Waals surface area (Å²) in [6, 6.07) is 5.95. The van der Waals surface area contributed by atoms with E-state index in [0.29, 0.717) is 12.8 Å². The van der Waals surface area contributed by atoms with Crippen molar-refractivity contribution >= 4 is 21.7 Å². The summed E-state index contributed by atoms with van der Waals surface area (Å²) < 4.78 is 23.9. The molecule has 1 saturated carbocycles. The molecule has 0 spiro atoms. The van der Waals surface area contributed by atoms with E-state index in [1.54, 1.807) is 12.1 Å². The zero-order chi connectivity index (χ0) is 15.7. The van der Waals surface area contributed by atoms with Gasteiger partial charge in [-0.3, -0.25) is 9.59 Å². The lowest BCUT2D eigenvalue weighted by molar-refractivity contribution is -0.143. The molecule has 1 aliphatic rings. The van der Waals surface area contributed by atoms with Crippen LogP contribution in [0.1, 0.15) is 30.1 Å².